The highest BCUT2D eigenvalue weighted by molar-refractivity contribution is 5.96. The second-order valence-electron chi connectivity index (χ2n) is 9.90. The summed E-state index contributed by atoms with van der Waals surface area (Å²) in [4.78, 5) is 29.3. The van der Waals surface area contributed by atoms with E-state index in [1.807, 2.05) is 83.8 Å². The van der Waals surface area contributed by atoms with E-state index in [9.17, 15) is 9.59 Å². The van der Waals surface area contributed by atoms with Crippen LogP contribution in [0, 0.1) is 0 Å². The third-order valence-corrected chi connectivity index (χ3v) is 7.44. The van der Waals surface area contributed by atoms with Gasteiger partial charge in [0.25, 0.3) is 5.91 Å². The number of nitrogens with zero attached hydrogens (tertiary/aromatic N) is 3. The van der Waals surface area contributed by atoms with Crippen molar-refractivity contribution < 1.29 is 14.3 Å². The molecule has 7 nitrogen and oxygen atoms in total. The molecule has 2 aliphatic heterocycles. The normalized spacial score (nSPS) is 19.1. The van der Waals surface area contributed by atoms with Gasteiger partial charge in [0.2, 0.25) is 5.43 Å². The Balaban J connectivity index is 1.57. The molecule has 4 aromatic rings. The van der Waals surface area contributed by atoms with Crippen molar-refractivity contribution >= 4 is 5.91 Å². The van der Waals surface area contributed by atoms with Gasteiger partial charge in [-0.2, -0.15) is 0 Å². The number of rotatable bonds is 5. The first kappa shape index (κ1) is 25.5. The van der Waals surface area contributed by atoms with Crippen LogP contribution >= 0.6 is 0 Å². The smallest absolute Gasteiger partial charge is 0.278 e. The fourth-order valence-corrected chi connectivity index (χ4v) is 5.47. The molecule has 1 amide bonds. The van der Waals surface area contributed by atoms with E-state index in [4.69, 9.17) is 9.47 Å². The van der Waals surface area contributed by atoms with Crippen LogP contribution in [0.4, 0.5) is 0 Å². The van der Waals surface area contributed by atoms with Gasteiger partial charge in [0, 0.05) is 17.8 Å². The Morgan fingerprint density at radius 1 is 0.900 bits per heavy atom. The Kier molecular flexibility index (Phi) is 7.10. The number of hydrogen-bond acceptors (Lipinski definition) is 5. The average Bonchev–Trinajstić information content (AvgIpc) is 3.02. The van der Waals surface area contributed by atoms with Gasteiger partial charge in [-0.05, 0) is 29.7 Å². The van der Waals surface area contributed by atoms with Crippen molar-refractivity contribution in [3.63, 3.8) is 0 Å². The standard InChI is InChI=1S/C33H31N3O4/c1-2-26-16-11-21-39-29-18-10-9-17-27(29)30(25-14-7-4-8-15-25)36-23-34(26)33(38)31-32(28(37)19-20-35(31)36)40-22-24-12-5-3-6-13-24/h3-20,26,30H,2,21-23H2,1H3/b16-11+. The minimum atomic E-state index is -0.328. The maximum Gasteiger partial charge on any atom is 0.278 e. The molecule has 0 spiro atoms. The Morgan fingerprint density at radius 3 is 2.40 bits per heavy atom. The van der Waals surface area contributed by atoms with E-state index in [-0.39, 0.29) is 41.5 Å². The van der Waals surface area contributed by atoms with Crippen molar-refractivity contribution in [1.29, 1.82) is 0 Å². The number of pyridine rings is 1. The third kappa shape index (κ3) is 4.75. The molecule has 0 saturated heterocycles. The molecule has 2 aliphatic rings. The molecular weight excluding hydrogens is 502 g/mol. The van der Waals surface area contributed by atoms with Gasteiger partial charge in [-0.3, -0.25) is 19.3 Å². The second kappa shape index (κ2) is 11.1. The van der Waals surface area contributed by atoms with Crippen LogP contribution < -0.4 is 19.9 Å². The highest BCUT2D eigenvalue weighted by atomic mass is 16.5. The van der Waals surface area contributed by atoms with E-state index >= 15 is 0 Å². The highest BCUT2D eigenvalue weighted by Crippen LogP contribution is 2.37. The molecule has 0 fully saturated rings. The molecular formula is C33H31N3O4. The van der Waals surface area contributed by atoms with E-state index < -0.39 is 0 Å². The van der Waals surface area contributed by atoms with Gasteiger partial charge < -0.3 is 14.4 Å². The molecule has 3 heterocycles. The van der Waals surface area contributed by atoms with Crippen LogP contribution in [0.2, 0.25) is 0 Å². The van der Waals surface area contributed by atoms with Crippen molar-refractivity contribution in [2.24, 2.45) is 0 Å². The Morgan fingerprint density at radius 2 is 1.62 bits per heavy atom. The van der Waals surface area contributed by atoms with Crippen LogP contribution in [0.1, 0.15) is 46.6 Å². The van der Waals surface area contributed by atoms with Gasteiger partial charge in [0.1, 0.15) is 31.7 Å². The molecule has 40 heavy (non-hydrogen) atoms. The third-order valence-electron chi connectivity index (χ3n) is 7.44. The number of carbonyl (C=O) groups excluding carboxylic acids is 1. The summed E-state index contributed by atoms with van der Waals surface area (Å²) in [6.07, 6.45) is 6.36. The summed E-state index contributed by atoms with van der Waals surface area (Å²) < 4.78 is 14.2. The largest absolute Gasteiger partial charge is 0.489 e. The van der Waals surface area contributed by atoms with E-state index in [1.54, 1.807) is 10.9 Å². The zero-order chi connectivity index (χ0) is 27.5. The number of hydrogen-bond donors (Lipinski definition) is 0. The van der Waals surface area contributed by atoms with Gasteiger partial charge in [-0.15, -0.1) is 0 Å². The SMILES string of the molecule is CCC1/C=C/COc2ccccc2C(c2ccccc2)N2CN1C(=O)c1c(OCc3ccccc3)c(=O)ccn12. The quantitative estimate of drug-likeness (QED) is 0.326. The van der Waals surface area contributed by atoms with Crippen molar-refractivity contribution in [2.45, 2.75) is 32.0 Å². The van der Waals surface area contributed by atoms with Crippen LogP contribution in [-0.4, -0.2) is 34.8 Å². The fourth-order valence-electron chi connectivity index (χ4n) is 5.47. The number of carbonyl (C=O) groups is 1. The molecule has 2 bridgehead atoms. The Bertz CT molecular complexity index is 1580. The average molecular weight is 534 g/mol. The molecule has 7 heteroatoms. The summed E-state index contributed by atoms with van der Waals surface area (Å²) in [7, 11) is 0. The number of ether oxygens (including phenoxy) is 2. The molecule has 0 saturated carbocycles. The number of fused-ring (bicyclic) bond motifs is 5. The van der Waals surface area contributed by atoms with Gasteiger partial charge in [0.05, 0.1) is 6.04 Å². The Hall–Kier alpha value is -4.78. The van der Waals surface area contributed by atoms with Crippen molar-refractivity contribution in [3.05, 3.63) is 142 Å². The lowest BCUT2D eigenvalue weighted by Crippen LogP contribution is -2.58. The molecule has 0 aliphatic carbocycles. The van der Waals surface area contributed by atoms with Crippen LogP contribution in [0.15, 0.2) is 114 Å². The number of amides is 1. The van der Waals surface area contributed by atoms with E-state index in [0.29, 0.717) is 19.7 Å². The molecule has 2 unspecified atom stereocenters. The second-order valence-corrected chi connectivity index (χ2v) is 9.90. The van der Waals surface area contributed by atoms with Crippen LogP contribution in [-0.2, 0) is 6.61 Å². The number of benzene rings is 3. The lowest BCUT2D eigenvalue weighted by atomic mass is 9.97. The molecule has 202 valence electrons. The number of aromatic nitrogens is 1. The summed E-state index contributed by atoms with van der Waals surface area (Å²) in [6, 6.07) is 28.7. The molecule has 6 rings (SSSR count). The predicted octanol–water partition coefficient (Wildman–Crippen LogP) is 5.30. The van der Waals surface area contributed by atoms with E-state index in [1.165, 1.54) is 6.07 Å². The monoisotopic (exact) mass is 533 g/mol. The van der Waals surface area contributed by atoms with Gasteiger partial charge in [0.15, 0.2) is 11.4 Å². The minimum Gasteiger partial charge on any atom is -0.489 e. The van der Waals surface area contributed by atoms with Crippen LogP contribution in [0.25, 0.3) is 0 Å². The minimum absolute atomic E-state index is 0.0519. The lowest BCUT2D eigenvalue weighted by Gasteiger charge is -2.46. The summed E-state index contributed by atoms with van der Waals surface area (Å²) in [5.74, 6) is 0.576. The molecule has 0 N–H and O–H groups in total. The van der Waals surface area contributed by atoms with Gasteiger partial charge in [-0.25, -0.2) is 0 Å². The van der Waals surface area contributed by atoms with Crippen LogP contribution in [0.5, 0.6) is 11.5 Å². The summed E-state index contributed by atoms with van der Waals surface area (Å²) >= 11 is 0. The highest BCUT2D eigenvalue weighted by Gasteiger charge is 2.39. The van der Waals surface area contributed by atoms with Crippen LogP contribution in [0.3, 0.4) is 0 Å². The van der Waals surface area contributed by atoms with Gasteiger partial charge in [-0.1, -0.05) is 91.9 Å². The van der Waals surface area contributed by atoms with Crippen molar-refractivity contribution in [3.8, 4) is 11.5 Å². The molecule has 2 atom stereocenters. The van der Waals surface area contributed by atoms with Crippen molar-refractivity contribution in [1.82, 2.24) is 9.58 Å². The lowest BCUT2D eigenvalue weighted by molar-refractivity contribution is 0.0623. The predicted molar refractivity (Wildman–Crippen MR) is 154 cm³/mol. The summed E-state index contributed by atoms with van der Waals surface area (Å²) in [5, 5.41) is 2.12. The summed E-state index contributed by atoms with van der Waals surface area (Å²) in [5.41, 5.74) is 2.80. The number of para-hydroxylation sites is 1. The molecule has 0 radical (unpaired) electrons. The maximum absolute atomic E-state index is 14.2. The van der Waals surface area contributed by atoms with Crippen molar-refractivity contribution in [2.75, 3.05) is 18.3 Å². The Labute approximate surface area is 233 Å². The zero-order valence-corrected chi connectivity index (χ0v) is 22.4. The maximum atomic E-state index is 14.2. The first-order valence-electron chi connectivity index (χ1n) is 13.6. The molecule has 1 aromatic heterocycles. The first-order chi connectivity index (χ1) is 19.7. The first-order valence-corrected chi connectivity index (χ1v) is 13.6. The molecule has 3 aromatic carbocycles. The topological polar surface area (TPSA) is 64.0 Å². The summed E-state index contributed by atoms with van der Waals surface area (Å²) in [6.45, 7) is 2.92. The fraction of sp³-hybridized carbons (Fsp3) is 0.212. The van der Waals surface area contributed by atoms with E-state index in [0.717, 1.165) is 22.4 Å². The zero-order valence-electron chi connectivity index (χ0n) is 22.4. The van der Waals surface area contributed by atoms with Gasteiger partial charge >= 0.3 is 0 Å². The van der Waals surface area contributed by atoms with E-state index in [2.05, 4.69) is 30.1 Å².